The molecule has 5 heteroatoms. The summed E-state index contributed by atoms with van der Waals surface area (Å²) in [6.45, 7) is 2.09. The van der Waals surface area contributed by atoms with E-state index in [4.69, 9.17) is 10.2 Å². The molecule has 1 heterocycles. The highest BCUT2D eigenvalue weighted by Crippen LogP contribution is 2.03. The molecule has 3 N–H and O–H groups in total. The van der Waals surface area contributed by atoms with Crippen LogP contribution < -0.4 is 5.32 Å². The van der Waals surface area contributed by atoms with Gasteiger partial charge in [0.2, 0.25) is 11.8 Å². The van der Waals surface area contributed by atoms with Crippen LogP contribution in [0.15, 0.2) is 0 Å². The molecule has 0 atom stereocenters. The van der Waals surface area contributed by atoms with Crippen LogP contribution in [0.5, 0.6) is 0 Å². The van der Waals surface area contributed by atoms with Crippen LogP contribution in [-0.4, -0.2) is 28.3 Å². The molecule has 17 heavy (non-hydrogen) atoms. The summed E-state index contributed by atoms with van der Waals surface area (Å²) >= 11 is 0. The summed E-state index contributed by atoms with van der Waals surface area (Å²) in [6, 6.07) is 0. The van der Waals surface area contributed by atoms with E-state index < -0.39 is 6.29 Å². The Labute approximate surface area is 102 Å². The zero-order valence-electron chi connectivity index (χ0n) is 10.4. The van der Waals surface area contributed by atoms with Crippen molar-refractivity contribution in [3.05, 3.63) is 0 Å². The fourth-order valence-electron chi connectivity index (χ4n) is 1.43. The smallest absolute Gasteiger partial charge is 0.226 e. The van der Waals surface area contributed by atoms with Gasteiger partial charge in [-0.25, -0.2) is 0 Å². The molecular formula is C12H23NO4. The molecule has 0 aromatic rings. The first kappa shape index (κ1) is 16.1. The number of amides is 2. The Kier molecular flexibility index (Phi) is 9.66. The van der Waals surface area contributed by atoms with Gasteiger partial charge in [0, 0.05) is 12.8 Å². The molecule has 0 unspecified atom stereocenters. The normalized spacial score (nSPS) is 16.0. The van der Waals surface area contributed by atoms with Gasteiger partial charge in [-0.3, -0.25) is 14.9 Å². The van der Waals surface area contributed by atoms with Crippen molar-refractivity contribution in [2.75, 3.05) is 0 Å². The summed E-state index contributed by atoms with van der Waals surface area (Å²) < 4.78 is 0. The summed E-state index contributed by atoms with van der Waals surface area (Å²) in [4.78, 5) is 21.1. The fraction of sp³-hybridized carbons (Fsp3) is 0.833. The highest BCUT2D eigenvalue weighted by molar-refractivity contribution is 5.95. The monoisotopic (exact) mass is 245 g/mol. The number of aliphatic hydroxyl groups is 2. The predicted molar refractivity (Wildman–Crippen MR) is 64.0 cm³/mol. The summed E-state index contributed by atoms with van der Waals surface area (Å²) in [5, 5.41) is 18.9. The van der Waals surface area contributed by atoms with Crippen molar-refractivity contribution in [2.24, 2.45) is 0 Å². The Hall–Kier alpha value is -0.940. The van der Waals surface area contributed by atoms with E-state index in [0.717, 1.165) is 32.1 Å². The summed E-state index contributed by atoms with van der Waals surface area (Å²) in [6.07, 6.45) is 5.28. The van der Waals surface area contributed by atoms with Gasteiger partial charge >= 0.3 is 0 Å². The molecule has 0 bridgehead atoms. The van der Waals surface area contributed by atoms with Crippen LogP contribution >= 0.6 is 0 Å². The highest BCUT2D eigenvalue weighted by atomic mass is 16.5. The minimum Gasteiger partial charge on any atom is -0.368 e. The lowest BCUT2D eigenvalue weighted by atomic mass is 10.2. The van der Waals surface area contributed by atoms with E-state index in [9.17, 15) is 9.59 Å². The van der Waals surface area contributed by atoms with Gasteiger partial charge in [0.1, 0.15) is 0 Å². The molecule has 0 spiro atoms. The van der Waals surface area contributed by atoms with Crippen LogP contribution in [-0.2, 0) is 9.59 Å². The van der Waals surface area contributed by atoms with E-state index in [2.05, 4.69) is 12.2 Å². The number of aliphatic hydroxyl groups excluding tert-OH is 1. The maximum absolute atomic E-state index is 10.6. The third-order valence-electron chi connectivity index (χ3n) is 2.40. The van der Waals surface area contributed by atoms with E-state index in [-0.39, 0.29) is 11.8 Å². The van der Waals surface area contributed by atoms with Gasteiger partial charge in [-0.2, -0.15) is 0 Å². The van der Waals surface area contributed by atoms with Gasteiger partial charge in [0.05, 0.1) is 0 Å². The SMILES string of the molecule is CCCCCC(O)O.O=C1CCCCC(=O)N1. The number of hydrogen-bond donors (Lipinski definition) is 3. The Morgan fingerprint density at radius 2 is 1.65 bits per heavy atom. The van der Waals surface area contributed by atoms with Crippen molar-refractivity contribution in [3.8, 4) is 0 Å². The molecule has 1 fully saturated rings. The second-order valence-corrected chi connectivity index (χ2v) is 4.15. The minimum absolute atomic E-state index is 0.127. The van der Waals surface area contributed by atoms with Crippen LogP contribution in [0.4, 0.5) is 0 Å². The van der Waals surface area contributed by atoms with Gasteiger partial charge in [-0.1, -0.05) is 19.8 Å². The number of imide groups is 1. The molecule has 0 saturated carbocycles. The number of hydrogen-bond acceptors (Lipinski definition) is 4. The largest absolute Gasteiger partial charge is 0.368 e. The van der Waals surface area contributed by atoms with Crippen molar-refractivity contribution in [1.29, 1.82) is 0 Å². The first-order valence-corrected chi connectivity index (χ1v) is 6.25. The predicted octanol–water partition coefficient (Wildman–Crippen LogP) is 1.08. The fourth-order valence-corrected chi connectivity index (χ4v) is 1.43. The Balaban J connectivity index is 0.000000304. The van der Waals surface area contributed by atoms with E-state index in [1.165, 1.54) is 0 Å². The van der Waals surface area contributed by atoms with E-state index in [1.54, 1.807) is 0 Å². The van der Waals surface area contributed by atoms with Crippen LogP contribution in [0.2, 0.25) is 0 Å². The van der Waals surface area contributed by atoms with Crippen molar-refractivity contribution in [1.82, 2.24) is 5.32 Å². The second kappa shape index (κ2) is 10.2. The maximum atomic E-state index is 10.6. The molecular weight excluding hydrogens is 222 g/mol. The van der Waals surface area contributed by atoms with Gasteiger partial charge < -0.3 is 10.2 Å². The molecule has 0 aromatic carbocycles. The van der Waals surface area contributed by atoms with Crippen LogP contribution in [0, 0.1) is 0 Å². The third-order valence-corrected chi connectivity index (χ3v) is 2.40. The van der Waals surface area contributed by atoms with E-state index in [1.807, 2.05) is 0 Å². The zero-order chi connectivity index (χ0) is 13.1. The van der Waals surface area contributed by atoms with Crippen molar-refractivity contribution in [3.63, 3.8) is 0 Å². The lowest BCUT2D eigenvalue weighted by Gasteiger charge is -1.99. The number of carbonyl (C=O) groups excluding carboxylic acids is 2. The van der Waals surface area contributed by atoms with E-state index >= 15 is 0 Å². The van der Waals surface area contributed by atoms with Crippen LogP contribution in [0.3, 0.4) is 0 Å². The molecule has 5 nitrogen and oxygen atoms in total. The first-order chi connectivity index (χ1) is 8.06. The van der Waals surface area contributed by atoms with E-state index in [0.29, 0.717) is 19.3 Å². The van der Waals surface area contributed by atoms with Crippen LogP contribution in [0.1, 0.15) is 58.3 Å². The second-order valence-electron chi connectivity index (χ2n) is 4.15. The minimum atomic E-state index is -1.10. The van der Waals surface area contributed by atoms with Gasteiger partial charge in [0.15, 0.2) is 6.29 Å². The van der Waals surface area contributed by atoms with Crippen molar-refractivity contribution < 1.29 is 19.8 Å². The molecule has 0 radical (unpaired) electrons. The topological polar surface area (TPSA) is 86.6 Å². The lowest BCUT2D eigenvalue weighted by Crippen LogP contribution is -2.27. The molecule has 0 aromatic heterocycles. The molecule has 2 amide bonds. The molecule has 0 aliphatic carbocycles. The third kappa shape index (κ3) is 11.3. The van der Waals surface area contributed by atoms with Crippen LogP contribution in [0.25, 0.3) is 0 Å². The Morgan fingerprint density at radius 1 is 1.12 bits per heavy atom. The Morgan fingerprint density at radius 3 is 2.06 bits per heavy atom. The quantitative estimate of drug-likeness (QED) is 0.393. The lowest BCUT2D eigenvalue weighted by molar-refractivity contribution is -0.129. The molecule has 1 aliphatic heterocycles. The summed E-state index contributed by atoms with van der Waals surface area (Å²) in [5.74, 6) is -0.255. The number of rotatable bonds is 4. The molecule has 1 aliphatic rings. The molecule has 1 rings (SSSR count). The van der Waals surface area contributed by atoms with Crippen molar-refractivity contribution in [2.45, 2.75) is 64.6 Å². The highest BCUT2D eigenvalue weighted by Gasteiger charge is 2.11. The summed E-state index contributed by atoms with van der Waals surface area (Å²) in [7, 11) is 0. The van der Waals surface area contributed by atoms with Crippen molar-refractivity contribution >= 4 is 11.8 Å². The average molecular weight is 245 g/mol. The number of nitrogens with one attached hydrogen (secondary N) is 1. The van der Waals surface area contributed by atoms with Gasteiger partial charge in [0.25, 0.3) is 0 Å². The number of unbranched alkanes of at least 4 members (excludes halogenated alkanes) is 2. The Bertz CT molecular complexity index is 213. The van der Waals surface area contributed by atoms with Gasteiger partial charge in [-0.05, 0) is 25.7 Å². The molecule has 100 valence electrons. The first-order valence-electron chi connectivity index (χ1n) is 6.25. The number of carbonyl (C=O) groups is 2. The van der Waals surface area contributed by atoms with Gasteiger partial charge in [-0.15, -0.1) is 0 Å². The maximum Gasteiger partial charge on any atom is 0.226 e. The zero-order valence-corrected chi connectivity index (χ0v) is 10.4. The average Bonchev–Trinajstić information content (AvgIpc) is 2.43. The summed E-state index contributed by atoms with van der Waals surface area (Å²) in [5.41, 5.74) is 0. The molecule has 1 saturated heterocycles. The standard InChI is InChI=1S/C6H9NO2.C6H14O2/c8-5-3-1-2-4-6(9)7-5;1-2-3-4-5-6(7)8/h1-4H2,(H,7,8,9);6-8H,2-5H2,1H3.